The Balaban J connectivity index is 3.28. The van der Waals surface area contributed by atoms with Gasteiger partial charge >= 0.3 is 0 Å². The number of nitrogens with zero attached hydrogens (tertiary/aromatic N) is 1. The maximum absolute atomic E-state index is 11.9. The topological polar surface area (TPSA) is 57.5 Å². The fraction of sp³-hybridized carbons (Fsp3) is 0.684. The van der Waals surface area contributed by atoms with Crippen LogP contribution in [0.15, 0.2) is 18.2 Å². The van der Waals surface area contributed by atoms with Gasteiger partial charge in [0.1, 0.15) is 0 Å². The van der Waals surface area contributed by atoms with Gasteiger partial charge in [-0.25, -0.2) is 8.42 Å². The standard InChI is InChI=1S/C19H32NO3S/c1-8-13-24(21,22)20-23-17-14-15(18(4,5)9-2)11-12-16(17)19(6,7)10-3/h11-12,14H,8-10,13H2,1-7H3. The first-order valence-corrected chi connectivity index (χ1v) is 10.4. The third kappa shape index (κ3) is 5.21. The lowest BCUT2D eigenvalue weighted by atomic mass is 9.77. The average Bonchev–Trinajstić information content (AvgIpc) is 2.52. The predicted octanol–water partition coefficient (Wildman–Crippen LogP) is 4.70. The summed E-state index contributed by atoms with van der Waals surface area (Å²) in [7, 11) is -3.55. The zero-order chi connectivity index (χ0) is 18.6. The van der Waals surface area contributed by atoms with Crippen molar-refractivity contribution < 1.29 is 13.3 Å². The molecule has 0 spiro atoms. The predicted molar refractivity (Wildman–Crippen MR) is 99.9 cm³/mol. The van der Waals surface area contributed by atoms with Crippen LogP contribution in [0.4, 0.5) is 0 Å². The Morgan fingerprint density at radius 2 is 1.58 bits per heavy atom. The quantitative estimate of drug-likeness (QED) is 0.604. The smallest absolute Gasteiger partial charge is 0.263 e. The Labute approximate surface area is 148 Å². The second-order valence-corrected chi connectivity index (χ2v) is 9.36. The maximum Gasteiger partial charge on any atom is 0.263 e. The summed E-state index contributed by atoms with van der Waals surface area (Å²) in [5, 5.41) is 0. The van der Waals surface area contributed by atoms with E-state index in [4.69, 9.17) is 4.84 Å². The lowest BCUT2D eigenvalue weighted by Crippen LogP contribution is -2.25. The van der Waals surface area contributed by atoms with Crippen molar-refractivity contribution in [2.24, 2.45) is 0 Å². The summed E-state index contributed by atoms with van der Waals surface area (Å²) >= 11 is 0. The lowest BCUT2D eigenvalue weighted by Gasteiger charge is -2.29. The molecule has 24 heavy (non-hydrogen) atoms. The number of hydrogen-bond acceptors (Lipinski definition) is 3. The van der Waals surface area contributed by atoms with E-state index in [1.807, 2.05) is 19.1 Å². The second kappa shape index (κ2) is 7.87. The first-order chi connectivity index (χ1) is 11.0. The Morgan fingerprint density at radius 3 is 2.08 bits per heavy atom. The monoisotopic (exact) mass is 354 g/mol. The molecule has 137 valence electrons. The van der Waals surface area contributed by atoms with Crippen LogP contribution in [0.1, 0.15) is 78.9 Å². The zero-order valence-corrected chi connectivity index (χ0v) is 17.0. The molecule has 0 atom stereocenters. The largest absolute Gasteiger partial charge is 0.372 e. The molecule has 0 aromatic heterocycles. The van der Waals surface area contributed by atoms with Crippen molar-refractivity contribution in [3.05, 3.63) is 29.3 Å². The highest BCUT2D eigenvalue weighted by atomic mass is 32.2. The third-order valence-electron chi connectivity index (χ3n) is 4.97. The van der Waals surface area contributed by atoms with E-state index in [1.165, 1.54) is 0 Å². The van der Waals surface area contributed by atoms with Crippen LogP contribution in [0.3, 0.4) is 0 Å². The van der Waals surface area contributed by atoms with Crippen LogP contribution in [-0.2, 0) is 20.9 Å². The fourth-order valence-electron chi connectivity index (χ4n) is 2.36. The van der Waals surface area contributed by atoms with Gasteiger partial charge in [-0.15, -0.1) is 0 Å². The third-order valence-corrected chi connectivity index (χ3v) is 6.20. The van der Waals surface area contributed by atoms with Crippen molar-refractivity contribution in [3.63, 3.8) is 0 Å². The summed E-state index contributed by atoms with van der Waals surface area (Å²) in [6.07, 6.45) is 2.42. The van der Waals surface area contributed by atoms with Crippen LogP contribution < -0.4 is 9.72 Å². The number of rotatable bonds is 9. The minimum Gasteiger partial charge on any atom is -0.372 e. The van der Waals surface area contributed by atoms with Crippen LogP contribution in [0, 0.1) is 0 Å². The van der Waals surface area contributed by atoms with E-state index in [9.17, 15) is 8.42 Å². The van der Waals surface area contributed by atoms with E-state index in [1.54, 1.807) is 0 Å². The van der Waals surface area contributed by atoms with Crippen molar-refractivity contribution in [2.45, 2.75) is 78.6 Å². The Morgan fingerprint density at radius 1 is 1.00 bits per heavy atom. The molecule has 0 bridgehead atoms. The van der Waals surface area contributed by atoms with Gasteiger partial charge in [-0.2, -0.15) is 0 Å². The van der Waals surface area contributed by atoms with Crippen molar-refractivity contribution >= 4 is 10.0 Å². The number of benzene rings is 1. The first-order valence-electron chi connectivity index (χ1n) is 8.76. The molecule has 0 unspecified atom stereocenters. The van der Waals surface area contributed by atoms with Gasteiger partial charge in [0, 0.05) is 5.56 Å². The molecule has 0 heterocycles. The van der Waals surface area contributed by atoms with Gasteiger partial charge in [0.15, 0.2) is 5.75 Å². The molecule has 0 fully saturated rings. The van der Waals surface area contributed by atoms with Gasteiger partial charge in [-0.05, 0) is 41.7 Å². The fourth-order valence-corrected chi connectivity index (χ4v) is 3.15. The zero-order valence-electron chi connectivity index (χ0n) is 16.1. The van der Waals surface area contributed by atoms with Gasteiger partial charge < -0.3 is 4.84 Å². The molecular weight excluding hydrogens is 322 g/mol. The minimum atomic E-state index is -3.55. The molecule has 1 radical (unpaired) electrons. The van der Waals surface area contributed by atoms with Crippen LogP contribution in [-0.4, -0.2) is 14.2 Å². The SMILES string of the molecule is CCCS(=O)(=O)[N]Oc1cc(C(C)(C)CC)ccc1C(C)(C)CC. The van der Waals surface area contributed by atoms with E-state index in [2.05, 4.69) is 52.5 Å². The summed E-state index contributed by atoms with van der Waals surface area (Å²) in [6, 6.07) is 6.11. The van der Waals surface area contributed by atoms with Crippen LogP contribution >= 0.6 is 0 Å². The van der Waals surface area contributed by atoms with E-state index >= 15 is 0 Å². The van der Waals surface area contributed by atoms with Crippen molar-refractivity contribution in [2.75, 3.05) is 5.75 Å². The maximum atomic E-state index is 11.9. The molecule has 0 saturated heterocycles. The summed E-state index contributed by atoms with van der Waals surface area (Å²) in [6.45, 7) is 14.6. The molecule has 0 N–H and O–H groups in total. The highest BCUT2D eigenvalue weighted by Crippen LogP contribution is 2.38. The Hall–Kier alpha value is -1.07. The lowest BCUT2D eigenvalue weighted by molar-refractivity contribution is 0.251. The van der Waals surface area contributed by atoms with Crippen LogP contribution in [0.5, 0.6) is 5.75 Å². The average molecular weight is 355 g/mol. The molecule has 0 aliphatic heterocycles. The van der Waals surface area contributed by atoms with Gasteiger partial charge in [0.25, 0.3) is 10.0 Å². The normalized spacial score (nSPS) is 13.1. The first kappa shape index (κ1) is 21.0. The van der Waals surface area contributed by atoms with Gasteiger partial charge in [0.2, 0.25) is 0 Å². The summed E-state index contributed by atoms with van der Waals surface area (Å²) in [4.78, 5) is 9.01. The Bertz CT molecular complexity index is 649. The summed E-state index contributed by atoms with van der Waals surface area (Å²) < 4.78 is 23.8. The summed E-state index contributed by atoms with van der Waals surface area (Å²) in [5.41, 5.74) is 1.98. The second-order valence-electron chi connectivity index (χ2n) is 7.64. The van der Waals surface area contributed by atoms with Gasteiger partial charge in [-0.1, -0.05) is 60.6 Å². The highest BCUT2D eigenvalue weighted by molar-refractivity contribution is 7.89. The summed E-state index contributed by atoms with van der Waals surface area (Å²) in [5.74, 6) is 0.542. The van der Waals surface area contributed by atoms with Crippen molar-refractivity contribution in [3.8, 4) is 5.75 Å². The van der Waals surface area contributed by atoms with Crippen LogP contribution in [0.25, 0.3) is 0 Å². The molecule has 1 aromatic carbocycles. The van der Waals surface area contributed by atoms with Gasteiger partial charge in [0.05, 0.1) is 10.6 Å². The highest BCUT2D eigenvalue weighted by Gasteiger charge is 2.27. The van der Waals surface area contributed by atoms with E-state index in [0.717, 1.165) is 24.0 Å². The van der Waals surface area contributed by atoms with Gasteiger partial charge in [-0.3, -0.25) is 0 Å². The molecule has 0 saturated carbocycles. The van der Waals surface area contributed by atoms with E-state index in [0.29, 0.717) is 12.2 Å². The van der Waals surface area contributed by atoms with E-state index in [-0.39, 0.29) is 16.6 Å². The van der Waals surface area contributed by atoms with Crippen LogP contribution in [0.2, 0.25) is 0 Å². The molecular formula is C19H32NO3S. The minimum absolute atomic E-state index is 0.000349. The Kier molecular flexibility index (Phi) is 6.88. The van der Waals surface area contributed by atoms with Crippen molar-refractivity contribution in [1.29, 1.82) is 0 Å². The number of sulfonamides is 1. The molecule has 0 aliphatic rings. The molecule has 4 nitrogen and oxygen atoms in total. The molecule has 5 heteroatoms. The molecule has 1 aromatic rings. The molecule has 1 rings (SSSR count). The van der Waals surface area contributed by atoms with E-state index < -0.39 is 10.0 Å². The number of hydrogen-bond donors (Lipinski definition) is 0. The molecule has 0 aliphatic carbocycles. The molecule has 0 amide bonds. The van der Waals surface area contributed by atoms with Crippen molar-refractivity contribution in [1.82, 2.24) is 4.89 Å².